The van der Waals surface area contributed by atoms with Crippen molar-refractivity contribution in [2.24, 2.45) is 0 Å². The molecule has 1 aliphatic heterocycles. The van der Waals surface area contributed by atoms with E-state index in [0.717, 1.165) is 11.8 Å². The number of nitrogens with zero attached hydrogens (tertiary/aromatic N) is 3. The first-order valence-corrected chi connectivity index (χ1v) is 11.6. The summed E-state index contributed by atoms with van der Waals surface area (Å²) in [5.74, 6) is 7.12. The van der Waals surface area contributed by atoms with Crippen molar-refractivity contribution in [3.8, 4) is 5.75 Å². The van der Waals surface area contributed by atoms with Crippen LogP contribution in [0.25, 0.3) is 0 Å². The number of esters is 1. The van der Waals surface area contributed by atoms with E-state index in [2.05, 4.69) is 20.8 Å². The highest BCUT2D eigenvalue weighted by molar-refractivity contribution is 7.99. The molecule has 0 bridgehead atoms. The first kappa shape index (κ1) is 24.1. The van der Waals surface area contributed by atoms with Crippen LogP contribution in [0.4, 0.5) is 9.18 Å². The van der Waals surface area contributed by atoms with Crippen molar-refractivity contribution in [2.75, 3.05) is 18.2 Å². The van der Waals surface area contributed by atoms with Crippen molar-refractivity contribution >= 4 is 23.8 Å². The third-order valence-electron chi connectivity index (χ3n) is 4.96. The fraction of sp³-hybridized carbons (Fsp3) is 0.273. The van der Waals surface area contributed by atoms with Crippen LogP contribution < -0.4 is 21.2 Å². The lowest BCUT2D eigenvalue weighted by Gasteiger charge is -2.27. The van der Waals surface area contributed by atoms with Gasteiger partial charge in [-0.3, -0.25) is 0 Å². The Labute approximate surface area is 203 Å². The molecule has 11 nitrogen and oxygen atoms in total. The number of carbonyl (C=O) groups excluding carboxylic acids is 2. The molecule has 1 aliphatic rings. The van der Waals surface area contributed by atoms with E-state index in [9.17, 15) is 14.0 Å². The topological polar surface area (TPSA) is 147 Å². The van der Waals surface area contributed by atoms with Crippen LogP contribution in [0.3, 0.4) is 0 Å². The number of urea groups is 1. The largest absolute Gasteiger partial charge is 0.486 e. The Hall–Kier alpha value is -4.00. The molecule has 35 heavy (non-hydrogen) atoms. The summed E-state index contributed by atoms with van der Waals surface area (Å²) in [5, 5.41) is 13.8. The number of hydrogen-bond donors (Lipinski definition) is 3. The van der Waals surface area contributed by atoms with Gasteiger partial charge >= 0.3 is 12.0 Å². The van der Waals surface area contributed by atoms with Crippen LogP contribution in [0.5, 0.6) is 5.75 Å². The highest BCUT2D eigenvalue weighted by atomic mass is 32.2. The Morgan fingerprint density at radius 3 is 2.71 bits per heavy atom. The molecule has 0 saturated heterocycles. The van der Waals surface area contributed by atoms with Gasteiger partial charge in [0, 0.05) is 11.4 Å². The molecular weight excluding hydrogens is 479 g/mol. The Morgan fingerprint density at radius 2 is 2.03 bits per heavy atom. The molecule has 184 valence electrons. The number of furan rings is 1. The van der Waals surface area contributed by atoms with E-state index in [1.54, 1.807) is 26.0 Å². The molecule has 3 heterocycles. The van der Waals surface area contributed by atoms with E-state index < -0.39 is 18.0 Å². The van der Waals surface area contributed by atoms with Crippen molar-refractivity contribution in [1.29, 1.82) is 0 Å². The molecule has 0 radical (unpaired) electrons. The van der Waals surface area contributed by atoms with E-state index in [1.165, 1.54) is 28.9 Å². The zero-order valence-corrected chi connectivity index (χ0v) is 19.7. The zero-order chi connectivity index (χ0) is 24.9. The maximum absolute atomic E-state index is 13.0. The molecule has 13 heteroatoms. The van der Waals surface area contributed by atoms with Crippen LogP contribution in [-0.2, 0) is 16.1 Å². The van der Waals surface area contributed by atoms with Gasteiger partial charge in [-0.05, 0) is 50.2 Å². The molecule has 0 saturated carbocycles. The fourth-order valence-corrected chi connectivity index (χ4v) is 4.17. The SMILES string of the molecule is CCOC(=O)C1=C(CSc2nnc(COc3ccc(F)cc3)n2N)NC(=O)N[C@H]1c1ccc(C)o1. The van der Waals surface area contributed by atoms with Crippen LogP contribution in [0, 0.1) is 12.7 Å². The molecule has 3 aromatic rings. The summed E-state index contributed by atoms with van der Waals surface area (Å²) in [7, 11) is 0. The van der Waals surface area contributed by atoms with E-state index in [4.69, 9.17) is 19.7 Å². The van der Waals surface area contributed by atoms with Crippen LogP contribution in [0.15, 0.2) is 57.2 Å². The van der Waals surface area contributed by atoms with Gasteiger partial charge in [-0.2, -0.15) is 0 Å². The number of ether oxygens (including phenoxy) is 2. The minimum atomic E-state index is -0.817. The van der Waals surface area contributed by atoms with Crippen molar-refractivity contribution in [3.63, 3.8) is 0 Å². The van der Waals surface area contributed by atoms with Gasteiger partial charge in [0.25, 0.3) is 0 Å². The number of halogens is 1. The van der Waals surface area contributed by atoms with E-state index in [0.29, 0.717) is 33.9 Å². The summed E-state index contributed by atoms with van der Waals surface area (Å²) < 4.78 is 30.7. The van der Waals surface area contributed by atoms with E-state index >= 15 is 0 Å². The summed E-state index contributed by atoms with van der Waals surface area (Å²) in [4.78, 5) is 25.2. The average molecular weight is 503 g/mol. The van der Waals surface area contributed by atoms with Crippen molar-refractivity contribution in [3.05, 3.63) is 70.8 Å². The second-order valence-corrected chi connectivity index (χ2v) is 8.34. The number of nitrogen functional groups attached to an aromatic ring is 1. The summed E-state index contributed by atoms with van der Waals surface area (Å²) in [6.45, 7) is 3.63. The van der Waals surface area contributed by atoms with Crippen LogP contribution in [0.2, 0.25) is 0 Å². The fourth-order valence-electron chi connectivity index (χ4n) is 3.32. The third kappa shape index (κ3) is 5.57. The number of benzene rings is 1. The van der Waals surface area contributed by atoms with Gasteiger partial charge in [-0.25, -0.2) is 18.7 Å². The highest BCUT2D eigenvalue weighted by Crippen LogP contribution is 2.31. The van der Waals surface area contributed by atoms with Gasteiger partial charge in [-0.1, -0.05) is 11.8 Å². The molecule has 1 atom stereocenters. The number of aryl methyl sites for hydroxylation is 1. The van der Waals surface area contributed by atoms with Gasteiger partial charge in [0.1, 0.15) is 35.7 Å². The lowest BCUT2D eigenvalue weighted by molar-refractivity contribution is -0.139. The smallest absolute Gasteiger partial charge is 0.338 e. The summed E-state index contributed by atoms with van der Waals surface area (Å²) in [6.07, 6.45) is 0. The standard InChI is InChI=1S/C22H23FN6O5S/c1-3-32-20(30)18-15(25-21(31)26-19(18)16-9-4-12(2)34-16)11-35-22-28-27-17(29(22)24)10-33-14-7-5-13(23)6-8-14/h4-9,19H,3,10-11,24H2,1-2H3,(H2,25,26,31)/t19-/m0/s1. The Morgan fingerprint density at radius 1 is 1.26 bits per heavy atom. The maximum atomic E-state index is 13.0. The highest BCUT2D eigenvalue weighted by Gasteiger charge is 2.35. The summed E-state index contributed by atoms with van der Waals surface area (Å²) >= 11 is 1.16. The average Bonchev–Trinajstić information content (AvgIpc) is 3.42. The Bertz CT molecular complexity index is 1260. The van der Waals surface area contributed by atoms with Gasteiger partial charge in [0.2, 0.25) is 5.16 Å². The molecule has 0 unspecified atom stereocenters. The van der Waals surface area contributed by atoms with Crippen molar-refractivity contribution in [1.82, 2.24) is 25.5 Å². The molecule has 1 aromatic carbocycles. The summed E-state index contributed by atoms with van der Waals surface area (Å²) in [6, 6.07) is 7.67. The predicted molar refractivity (Wildman–Crippen MR) is 123 cm³/mol. The van der Waals surface area contributed by atoms with Gasteiger partial charge in [0.05, 0.1) is 12.2 Å². The monoisotopic (exact) mass is 502 g/mol. The molecule has 4 rings (SSSR count). The Balaban J connectivity index is 1.52. The molecular formula is C22H23FN6O5S. The lowest BCUT2D eigenvalue weighted by Crippen LogP contribution is -2.46. The van der Waals surface area contributed by atoms with Gasteiger partial charge in [0.15, 0.2) is 5.82 Å². The number of carbonyl (C=O) groups is 2. The summed E-state index contributed by atoms with van der Waals surface area (Å²) in [5.41, 5.74) is 0.555. The molecule has 0 spiro atoms. The van der Waals surface area contributed by atoms with Gasteiger partial charge < -0.3 is 30.4 Å². The third-order valence-corrected chi connectivity index (χ3v) is 5.93. The molecule has 0 aliphatic carbocycles. The first-order chi connectivity index (χ1) is 16.9. The maximum Gasteiger partial charge on any atom is 0.338 e. The lowest BCUT2D eigenvalue weighted by atomic mass is 10.0. The minimum Gasteiger partial charge on any atom is -0.486 e. The Kier molecular flexibility index (Phi) is 7.25. The number of nitrogens with two attached hydrogens (primary N) is 1. The van der Waals surface area contributed by atoms with E-state index in [1.807, 2.05) is 0 Å². The number of thioether (sulfide) groups is 1. The van der Waals surface area contributed by atoms with Crippen molar-refractivity contribution in [2.45, 2.75) is 31.7 Å². The van der Waals surface area contributed by atoms with Crippen molar-refractivity contribution < 1.29 is 27.9 Å². The first-order valence-electron chi connectivity index (χ1n) is 10.6. The van der Waals surface area contributed by atoms with Crippen LogP contribution in [-0.4, -0.2) is 39.2 Å². The quantitative estimate of drug-likeness (QED) is 0.228. The predicted octanol–water partition coefficient (Wildman–Crippen LogP) is 2.57. The number of nitrogens with one attached hydrogen (secondary N) is 2. The minimum absolute atomic E-state index is 0.00698. The van der Waals surface area contributed by atoms with Crippen LogP contribution >= 0.6 is 11.8 Å². The van der Waals surface area contributed by atoms with E-state index in [-0.39, 0.29) is 30.4 Å². The second-order valence-electron chi connectivity index (χ2n) is 7.39. The molecule has 2 aromatic heterocycles. The zero-order valence-electron chi connectivity index (χ0n) is 18.9. The molecule has 4 N–H and O–H groups in total. The molecule has 0 fully saturated rings. The van der Waals surface area contributed by atoms with Gasteiger partial charge in [-0.15, -0.1) is 10.2 Å². The number of amides is 2. The number of rotatable bonds is 9. The van der Waals surface area contributed by atoms with Crippen LogP contribution in [0.1, 0.15) is 30.3 Å². The number of hydrogen-bond acceptors (Lipinski definition) is 9. The normalized spacial score (nSPS) is 15.5. The number of aromatic nitrogens is 3. The molecule has 2 amide bonds. The second kappa shape index (κ2) is 10.5.